The van der Waals surface area contributed by atoms with Gasteiger partial charge in [0.1, 0.15) is 5.69 Å². The topological polar surface area (TPSA) is 33.2 Å². The zero-order valence-electron chi connectivity index (χ0n) is 11.6. The summed E-state index contributed by atoms with van der Waals surface area (Å²) in [6.07, 6.45) is 6.37. The minimum atomic E-state index is -0.0905. The summed E-state index contributed by atoms with van der Waals surface area (Å²) in [7, 11) is 2.09. The lowest BCUT2D eigenvalue weighted by molar-refractivity contribution is 0.101. The highest BCUT2D eigenvalue weighted by Crippen LogP contribution is 2.32. The van der Waals surface area contributed by atoms with Gasteiger partial charge in [-0.15, -0.1) is 22.9 Å². The fourth-order valence-corrected chi connectivity index (χ4v) is 3.72. The van der Waals surface area contributed by atoms with Gasteiger partial charge in [-0.1, -0.05) is 13.3 Å². The van der Waals surface area contributed by atoms with Gasteiger partial charge in [-0.25, -0.2) is 4.98 Å². The minimum Gasteiger partial charge on any atom is -0.348 e. The molecule has 0 aliphatic heterocycles. The summed E-state index contributed by atoms with van der Waals surface area (Å²) in [5.41, 5.74) is 0.504. The van der Waals surface area contributed by atoms with E-state index in [9.17, 15) is 4.79 Å². The molecule has 19 heavy (non-hydrogen) atoms. The number of anilines is 1. The smallest absolute Gasteiger partial charge is 0.196 e. The fraction of sp³-hybridized carbons (Fsp3) is 0.714. The molecule has 0 N–H and O–H groups in total. The second kappa shape index (κ2) is 6.71. The summed E-state index contributed by atoms with van der Waals surface area (Å²) >= 11 is 7.09. The number of carbonyl (C=O) groups excluding carboxylic acids is 1. The van der Waals surface area contributed by atoms with E-state index in [1.165, 1.54) is 43.4 Å². The molecular weight excluding hydrogens is 280 g/mol. The van der Waals surface area contributed by atoms with Crippen molar-refractivity contribution >= 4 is 33.9 Å². The van der Waals surface area contributed by atoms with E-state index in [1.807, 2.05) is 5.38 Å². The number of carbonyl (C=O) groups is 1. The van der Waals surface area contributed by atoms with Gasteiger partial charge in [0.15, 0.2) is 10.9 Å². The molecule has 1 heterocycles. The molecule has 1 aliphatic carbocycles. The number of aromatic nitrogens is 1. The first kappa shape index (κ1) is 14.8. The molecule has 2 rings (SSSR count). The zero-order valence-corrected chi connectivity index (χ0v) is 13.1. The standard InChI is InChI=1S/C14H21ClN2OS/c1-3-10-4-6-11(7-5-10)17(2)14-16-12(9-19-14)13(18)8-15/h9-11H,3-8H2,1-2H3. The highest BCUT2D eigenvalue weighted by Gasteiger charge is 2.25. The first-order chi connectivity index (χ1) is 9.15. The van der Waals surface area contributed by atoms with Gasteiger partial charge < -0.3 is 4.90 Å². The molecule has 1 aromatic heterocycles. The summed E-state index contributed by atoms with van der Waals surface area (Å²) in [6, 6.07) is 0.563. The molecule has 1 aliphatic rings. The Morgan fingerprint density at radius 2 is 2.16 bits per heavy atom. The highest BCUT2D eigenvalue weighted by atomic mass is 35.5. The van der Waals surface area contributed by atoms with Gasteiger partial charge in [0.05, 0.1) is 5.88 Å². The second-order valence-electron chi connectivity index (χ2n) is 5.27. The Labute approximate surface area is 124 Å². The molecule has 0 amide bonds. The van der Waals surface area contributed by atoms with Gasteiger partial charge in [-0.05, 0) is 31.6 Å². The van der Waals surface area contributed by atoms with Crippen molar-refractivity contribution in [2.75, 3.05) is 17.8 Å². The van der Waals surface area contributed by atoms with Gasteiger partial charge in [-0.2, -0.15) is 0 Å². The number of ketones is 1. The minimum absolute atomic E-state index is 0.00843. The molecule has 106 valence electrons. The number of halogens is 1. The van der Waals surface area contributed by atoms with Crippen LogP contribution in [0.5, 0.6) is 0 Å². The van der Waals surface area contributed by atoms with Gasteiger partial charge >= 0.3 is 0 Å². The summed E-state index contributed by atoms with van der Waals surface area (Å²) in [5, 5.41) is 2.75. The lowest BCUT2D eigenvalue weighted by Gasteiger charge is -2.34. The number of nitrogens with zero attached hydrogens (tertiary/aromatic N) is 2. The number of hydrogen-bond donors (Lipinski definition) is 0. The molecule has 0 spiro atoms. The lowest BCUT2D eigenvalue weighted by Crippen LogP contribution is -2.35. The first-order valence-corrected chi connectivity index (χ1v) is 8.34. The fourth-order valence-electron chi connectivity index (χ4n) is 2.72. The van der Waals surface area contributed by atoms with E-state index in [4.69, 9.17) is 11.6 Å². The molecule has 1 saturated carbocycles. The average molecular weight is 301 g/mol. The predicted octanol–water partition coefficient (Wildman–Crippen LogP) is 3.97. The molecule has 0 radical (unpaired) electrons. The Hall–Kier alpha value is -0.610. The van der Waals surface area contributed by atoms with Crippen LogP contribution in [0.25, 0.3) is 0 Å². The van der Waals surface area contributed by atoms with Crippen molar-refractivity contribution in [3.8, 4) is 0 Å². The van der Waals surface area contributed by atoms with E-state index in [-0.39, 0.29) is 11.7 Å². The van der Waals surface area contributed by atoms with Crippen LogP contribution in [-0.2, 0) is 0 Å². The Morgan fingerprint density at radius 3 is 2.74 bits per heavy atom. The van der Waals surface area contributed by atoms with Gasteiger partial charge in [0, 0.05) is 18.5 Å². The van der Waals surface area contributed by atoms with Crippen molar-refractivity contribution in [3.05, 3.63) is 11.1 Å². The molecule has 0 unspecified atom stereocenters. The third-order valence-corrected chi connectivity index (χ3v) is 5.32. The van der Waals surface area contributed by atoms with E-state index in [0.29, 0.717) is 11.7 Å². The maximum Gasteiger partial charge on any atom is 0.196 e. The Balaban J connectivity index is 1.98. The predicted molar refractivity (Wildman–Crippen MR) is 81.6 cm³/mol. The molecule has 1 aromatic rings. The van der Waals surface area contributed by atoms with Crippen molar-refractivity contribution in [3.63, 3.8) is 0 Å². The molecule has 0 bridgehead atoms. The van der Waals surface area contributed by atoms with E-state index in [1.54, 1.807) is 0 Å². The monoisotopic (exact) mass is 300 g/mol. The Morgan fingerprint density at radius 1 is 1.47 bits per heavy atom. The van der Waals surface area contributed by atoms with Crippen LogP contribution in [0.15, 0.2) is 5.38 Å². The van der Waals surface area contributed by atoms with Gasteiger partial charge in [-0.3, -0.25) is 4.79 Å². The van der Waals surface area contributed by atoms with E-state index >= 15 is 0 Å². The quantitative estimate of drug-likeness (QED) is 0.609. The van der Waals surface area contributed by atoms with Crippen molar-refractivity contribution in [1.82, 2.24) is 4.98 Å². The van der Waals surface area contributed by atoms with Crippen LogP contribution < -0.4 is 4.90 Å². The van der Waals surface area contributed by atoms with Crippen LogP contribution >= 0.6 is 22.9 Å². The summed E-state index contributed by atoms with van der Waals surface area (Å²) in [5.74, 6) is 0.815. The zero-order chi connectivity index (χ0) is 13.8. The van der Waals surface area contributed by atoms with Crippen LogP contribution in [0.2, 0.25) is 0 Å². The molecule has 0 saturated heterocycles. The van der Waals surface area contributed by atoms with Crippen molar-refractivity contribution in [2.24, 2.45) is 5.92 Å². The average Bonchev–Trinajstić information content (AvgIpc) is 2.95. The maximum atomic E-state index is 11.5. The third-order valence-electron chi connectivity index (χ3n) is 4.14. The van der Waals surface area contributed by atoms with Crippen molar-refractivity contribution in [1.29, 1.82) is 0 Å². The summed E-state index contributed by atoms with van der Waals surface area (Å²) in [6.45, 7) is 2.28. The maximum absolute atomic E-state index is 11.5. The number of rotatable bonds is 5. The second-order valence-corrected chi connectivity index (χ2v) is 6.37. The van der Waals surface area contributed by atoms with E-state index in [0.717, 1.165) is 11.0 Å². The largest absolute Gasteiger partial charge is 0.348 e. The van der Waals surface area contributed by atoms with Crippen LogP contribution in [-0.4, -0.2) is 29.7 Å². The number of thiazole rings is 1. The molecule has 5 heteroatoms. The lowest BCUT2D eigenvalue weighted by atomic mass is 9.84. The number of Topliss-reactive ketones (excluding diaryl/α,β-unsaturated/α-hetero) is 1. The molecule has 3 nitrogen and oxygen atoms in total. The first-order valence-electron chi connectivity index (χ1n) is 6.93. The van der Waals surface area contributed by atoms with Crippen LogP contribution in [0.1, 0.15) is 49.5 Å². The van der Waals surface area contributed by atoms with Crippen LogP contribution in [0, 0.1) is 5.92 Å². The van der Waals surface area contributed by atoms with Crippen molar-refractivity contribution < 1.29 is 4.79 Å². The third kappa shape index (κ3) is 3.48. The molecular formula is C14H21ClN2OS. The van der Waals surface area contributed by atoms with Crippen LogP contribution in [0.4, 0.5) is 5.13 Å². The summed E-state index contributed by atoms with van der Waals surface area (Å²) in [4.78, 5) is 18.1. The summed E-state index contributed by atoms with van der Waals surface area (Å²) < 4.78 is 0. The highest BCUT2D eigenvalue weighted by molar-refractivity contribution is 7.14. The van der Waals surface area contributed by atoms with E-state index in [2.05, 4.69) is 23.9 Å². The van der Waals surface area contributed by atoms with Gasteiger partial charge in [0.2, 0.25) is 0 Å². The SMILES string of the molecule is CCC1CCC(N(C)c2nc(C(=O)CCl)cs2)CC1. The Kier molecular flexibility index (Phi) is 5.22. The molecule has 1 fully saturated rings. The Bertz CT molecular complexity index is 427. The molecule has 0 atom stereocenters. The molecule has 0 aromatic carbocycles. The normalized spacial score (nSPS) is 23.3. The van der Waals surface area contributed by atoms with Crippen molar-refractivity contribution in [2.45, 2.75) is 45.1 Å². The van der Waals surface area contributed by atoms with E-state index < -0.39 is 0 Å². The van der Waals surface area contributed by atoms with Crippen LogP contribution in [0.3, 0.4) is 0 Å². The number of hydrogen-bond acceptors (Lipinski definition) is 4. The number of alkyl halides is 1. The van der Waals surface area contributed by atoms with Gasteiger partial charge in [0.25, 0.3) is 0 Å².